The van der Waals surface area contributed by atoms with Crippen molar-refractivity contribution in [2.24, 2.45) is 5.73 Å². The van der Waals surface area contributed by atoms with Crippen LogP contribution in [-0.2, 0) is 16.6 Å². The van der Waals surface area contributed by atoms with Gasteiger partial charge in [-0.3, -0.25) is 0 Å². The molecule has 0 radical (unpaired) electrons. The standard InChI is InChI=1S/C10H13BrN2O2S2/c1-3-5-13(4-2)17(14,15)9-6-8(7-12)16-10(9)11/h1,6H,4-5,7,12H2,2H3. The van der Waals surface area contributed by atoms with Crippen LogP contribution in [0.15, 0.2) is 14.7 Å². The molecule has 2 N–H and O–H groups in total. The average molecular weight is 337 g/mol. The Morgan fingerprint density at radius 2 is 2.29 bits per heavy atom. The van der Waals surface area contributed by atoms with Crippen molar-refractivity contribution in [3.8, 4) is 12.3 Å². The topological polar surface area (TPSA) is 63.4 Å². The summed E-state index contributed by atoms with van der Waals surface area (Å²) >= 11 is 4.57. The van der Waals surface area contributed by atoms with Crippen LogP contribution < -0.4 is 5.73 Å². The highest BCUT2D eigenvalue weighted by atomic mass is 79.9. The second-order valence-corrected chi connectivity index (χ2v) is 7.55. The summed E-state index contributed by atoms with van der Waals surface area (Å²) in [5, 5.41) is 0. The largest absolute Gasteiger partial charge is 0.326 e. The van der Waals surface area contributed by atoms with Crippen LogP contribution in [0.25, 0.3) is 0 Å². The predicted octanol–water partition coefficient (Wildman–Crippen LogP) is 1.61. The highest BCUT2D eigenvalue weighted by Crippen LogP contribution is 2.33. The Hall–Kier alpha value is -0.390. The van der Waals surface area contributed by atoms with Crippen LogP contribution in [0.2, 0.25) is 0 Å². The van der Waals surface area contributed by atoms with Gasteiger partial charge in [0.25, 0.3) is 0 Å². The summed E-state index contributed by atoms with van der Waals surface area (Å²) < 4.78 is 26.4. The molecule has 0 amide bonds. The smallest absolute Gasteiger partial charge is 0.245 e. The molecule has 0 saturated heterocycles. The Morgan fingerprint density at radius 1 is 1.65 bits per heavy atom. The van der Waals surface area contributed by atoms with Crippen LogP contribution in [-0.4, -0.2) is 25.8 Å². The zero-order valence-corrected chi connectivity index (χ0v) is 12.5. The van der Waals surface area contributed by atoms with Crippen LogP contribution >= 0.6 is 27.3 Å². The second-order valence-electron chi connectivity index (χ2n) is 3.19. The van der Waals surface area contributed by atoms with Gasteiger partial charge in [0.15, 0.2) is 0 Å². The van der Waals surface area contributed by atoms with Crippen LogP contribution in [0.4, 0.5) is 0 Å². The molecular weight excluding hydrogens is 324 g/mol. The number of hydrogen-bond donors (Lipinski definition) is 1. The quantitative estimate of drug-likeness (QED) is 0.831. The Bertz CT molecular complexity index is 531. The molecule has 0 atom stereocenters. The van der Waals surface area contributed by atoms with Crippen LogP contribution in [0, 0.1) is 12.3 Å². The molecule has 1 aromatic heterocycles. The molecule has 0 fully saturated rings. The van der Waals surface area contributed by atoms with Crippen LogP contribution in [0.5, 0.6) is 0 Å². The molecule has 0 aliphatic rings. The summed E-state index contributed by atoms with van der Waals surface area (Å²) in [5.41, 5.74) is 5.49. The molecule has 17 heavy (non-hydrogen) atoms. The summed E-state index contributed by atoms with van der Waals surface area (Å²) in [6.07, 6.45) is 5.16. The van der Waals surface area contributed by atoms with Crippen molar-refractivity contribution < 1.29 is 8.42 Å². The van der Waals surface area contributed by atoms with Gasteiger partial charge in [-0.15, -0.1) is 17.8 Å². The average Bonchev–Trinajstić information content (AvgIpc) is 2.67. The summed E-state index contributed by atoms with van der Waals surface area (Å²) in [5.74, 6) is 2.35. The lowest BCUT2D eigenvalue weighted by atomic mass is 10.5. The van der Waals surface area contributed by atoms with Gasteiger partial charge in [0, 0.05) is 18.0 Å². The lowest BCUT2D eigenvalue weighted by Gasteiger charge is -2.17. The number of nitrogens with zero attached hydrogens (tertiary/aromatic N) is 1. The number of rotatable bonds is 5. The fraction of sp³-hybridized carbons (Fsp3) is 0.400. The number of hydrogen-bond acceptors (Lipinski definition) is 4. The van der Waals surface area contributed by atoms with Crippen molar-refractivity contribution in [2.75, 3.05) is 13.1 Å². The van der Waals surface area contributed by atoms with E-state index in [9.17, 15) is 8.42 Å². The predicted molar refractivity (Wildman–Crippen MR) is 73.2 cm³/mol. The number of thiophene rings is 1. The van der Waals surface area contributed by atoms with Gasteiger partial charge >= 0.3 is 0 Å². The van der Waals surface area contributed by atoms with E-state index in [0.29, 0.717) is 16.9 Å². The molecule has 7 heteroatoms. The van der Waals surface area contributed by atoms with E-state index in [1.54, 1.807) is 13.0 Å². The molecule has 0 aromatic carbocycles. The third-order valence-electron chi connectivity index (χ3n) is 2.15. The molecule has 1 aromatic rings. The zero-order chi connectivity index (χ0) is 13.1. The van der Waals surface area contributed by atoms with E-state index in [2.05, 4.69) is 21.9 Å². The lowest BCUT2D eigenvalue weighted by molar-refractivity contribution is 0.464. The molecule has 0 saturated carbocycles. The fourth-order valence-electron chi connectivity index (χ4n) is 1.28. The van der Waals surface area contributed by atoms with E-state index in [-0.39, 0.29) is 11.4 Å². The van der Waals surface area contributed by atoms with Gasteiger partial charge in [0.05, 0.1) is 10.3 Å². The molecule has 0 aliphatic heterocycles. The molecular formula is C10H13BrN2O2S2. The van der Waals surface area contributed by atoms with Crippen molar-refractivity contribution >= 4 is 37.3 Å². The van der Waals surface area contributed by atoms with E-state index >= 15 is 0 Å². The molecule has 0 unspecified atom stereocenters. The summed E-state index contributed by atoms with van der Waals surface area (Å²) in [6.45, 7) is 2.48. The van der Waals surface area contributed by atoms with Gasteiger partial charge in [0.1, 0.15) is 4.90 Å². The molecule has 1 heterocycles. The molecule has 0 aliphatic carbocycles. The Balaban J connectivity index is 3.20. The Morgan fingerprint density at radius 3 is 2.71 bits per heavy atom. The van der Waals surface area contributed by atoms with E-state index in [4.69, 9.17) is 12.2 Å². The van der Waals surface area contributed by atoms with Crippen molar-refractivity contribution in [3.05, 3.63) is 14.7 Å². The highest BCUT2D eigenvalue weighted by Gasteiger charge is 2.26. The minimum atomic E-state index is -3.53. The van der Waals surface area contributed by atoms with Crippen molar-refractivity contribution in [1.29, 1.82) is 0 Å². The molecule has 94 valence electrons. The van der Waals surface area contributed by atoms with Gasteiger partial charge in [-0.25, -0.2) is 8.42 Å². The van der Waals surface area contributed by atoms with Crippen molar-refractivity contribution in [3.63, 3.8) is 0 Å². The third kappa shape index (κ3) is 3.09. The Kier molecular flexibility index (Phi) is 5.16. The number of nitrogens with two attached hydrogens (primary N) is 1. The maximum Gasteiger partial charge on any atom is 0.245 e. The highest BCUT2D eigenvalue weighted by molar-refractivity contribution is 9.11. The summed E-state index contributed by atoms with van der Waals surface area (Å²) in [6, 6.07) is 1.59. The molecule has 4 nitrogen and oxygen atoms in total. The first-order valence-corrected chi connectivity index (χ1v) is 7.94. The van der Waals surface area contributed by atoms with E-state index < -0.39 is 10.0 Å². The first-order valence-electron chi connectivity index (χ1n) is 4.89. The maximum atomic E-state index is 12.3. The molecule has 0 bridgehead atoms. The lowest BCUT2D eigenvalue weighted by Crippen LogP contribution is -2.31. The fourth-order valence-corrected chi connectivity index (χ4v) is 5.16. The van der Waals surface area contributed by atoms with Gasteiger partial charge in [-0.2, -0.15) is 4.31 Å². The molecule has 1 rings (SSSR count). The second kappa shape index (κ2) is 5.98. The van der Waals surface area contributed by atoms with Crippen LogP contribution in [0.1, 0.15) is 11.8 Å². The minimum absolute atomic E-state index is 0.0685. The normalized spacial score (nSPS) is 11.7. The van der Waals surface area contributed by atoms with Gasteiger partial charge in [0.2, 0.25) is 10.0 Å². The zero-order valence-electron chi connectivity index (χ0n) is 9.31. The van der Waals surface area contributed by atoms with E-state index in [0.717, 1.165) is 4.88 Å². The first kappa shape index (κ1) is 14.7. The van der Waals surface area contributed by atoms with Crippen molar-refractivity contribution in [2.45, 2.75) is 18.4 Å². The summed E-state index contributed by atoms with van der Waals surface area (Å²) in [7, 11) is -3.53. The van der Waals surface area contributed by atoms with E-state index in [1.807, 2.05) is 0 Å². The summed E-state index contributed by atoms with van der Waals surface area (Å²) in [4.78, 5) is 1.05. The monoisotopic (exact) mass is 336 g/mol. The third-order valence-corrected chi connectivity index (χ3v) is 6.34. The SMILES string of the molecule is C#CCN(CC)S(=O)(=O)c1cc(CN)sc1Br. The maximum absolute atomic E-state index is 12.3. The van der Waals surface area contributed by atoms with Gasteiger partial charge < -0.3 is 5.73 Å². The van der Waals surface area contributed by atoms with E-state index in [1.165, 1.54) is 15.6 Å². The van der Waals surface area contributed by atoms with Crippen LogP contribution in [0.3, 0.4) is 0 Å². The Labute approximate surface area is 114 Å². The number of halogens is 1. The van der Waals surface area contributed by atoms with Gasteiger partial charge in [-0.05, 0) is 22.0 Å². The first-order chi connectivity index (χ1) is 7.97. The number of sulfonamides is 1. The van der Waals surface area contributed by atoms with Crippen molar-refractivity contribution in [1.82, 2.24) is 4.31 Å². The van der Waals surface area contributed by atoms with Gasteiger partial charge in [-0.1, -0.05) is 12.8 Å². The molecule has 0 spiro atoms. The minimum Gasteiger partial charge on any atom is -0.326 e. The number of terminal acetylenes is 1.